The van der Waals surface area contributed by atoms with Crippen molar-refractivity contribution in [1.82, 2.24) is 0 Å². The molecule has 0 saturated heterocycles. The van der Waals surface area contributed by atoms with E-state index in [4.69, 9.17) is 4.74 Å². The van der Waals surface area contributed by atoms with Gasteiger partial charge in [0.05, 0.1) is 16.1 Å². The molecule has 2 rings (SSSR count). The van der Waals surface area contributed by atoms with Crippen molar-refractivity contribution in [1.29, 1.82) is 0 Å². The molecule has 1 aromatic rings. The average Bonchev–Trinajstić information content (AvgIpc) is 2.29. The molecule has 0 aliphatic carbocycles. The van der Waals surface area contributed by atoms with Crippen molar-refractivity contribution in [2.75, 3.05) is 0 Å². The maximum Gasteiger partial charge on any atom is 0.205 e. The highest BCUT2D eigenvalue weighted by Gasteiger charge is 2.29. The van der Waals surface area contributed by atoms with Crippen molar-refractivity contribution < 1.29 is 13.2 Å². The molecular weight excluding hydrogens is 236 g/mol. The third kappa shape index (κ3) is 2.52. The number of rotatable bonds is 2. The van der Waals surface area contributed by atoms with Gasteiger partial charge in [0.15, 0.2) is 0 Å². The molecule has 4 heteroatoms. The molecule has 3 nitrogen and oxygen atoms in total. The maximum atomic E-state index is 12.2. The second-order valence-corrected chi connectivity index (χ2v) is 6.78. The first kappa shape index (κ1) is 12.2. The standard InChI is InChI=1S/C13H16O3S/c1-13(2)9-8-12(10-16-13)17(14,15)11-6-4-3-5-7-11/h3-7,10H,8-9H2,1-2H3. The van der Waals surface area contributed by atoms with Gasteiger partial charge in [-0.1, -0.05) is 18.2 Å². The Hall–Kier alpha value is -1.29. The van der Waals surface area contributed by atoms with Crippen LogP contribution in [0.25, 0.3) is 0 Å². The molecule has 0 amide bonds. The summed E-state index contributed by atoms with van der Waals surface area (Å²) in [4.78, 5) is 0.692. The molecule has 1 aliphatic rings. The van der Waals surface area contributed by atoms with E-state index in [1.807, 2.05) is 13.8 Å². The predicted molar refractivity (Wildman–Crippen MR) is 66.1 cm³/mol. The first-order valence-corrected chi connectivity index (χ1v) is 7.07. The van der Waals surface area contributed by atoms with Crippen molar-refractivity contribution in [3.05, 3.63) is 41.5 Å². The van der Waals surface area contributed by atoms with E-state index in [1.54, 1.807) is 30.3 Å². The topological polar surface area (TPSA) is 43.4 Å². The largest absolute Gasteiger partial charge is 0.494 e. The first-order chi connectivity index (χ1) is 7.92. The second kappa shape index (κ2) is 4.18. The lowest BCUT2D eigenvalue weighted by atomic mass is 10.0. The Balaban J connectivity index is 2.33. The van der Waals surface area contributed by atoms with Crippen molar-refractivity contribution in [2.45, 2.75) is 37.2 Å². The lowest BCUT2D eigenvalue weighted by molar-refractivity contribution is 0.0382. The summed E-state index contributed by atoms with van der Waals surface area (Å²) in [7, 11) is -3.38. The molecule has 0 aromatic heterocycles. The summed E-state index contributed by atoms with van der Waals surface area (Å²) in [6, 6.07) is 8.46. The molecule has 17 heavy (non-hydrogen) atoms. The molecule has 0 spiro atoms. The van der Waals surface area contributed by atoms with Gasteiger partial charge in [-0.2, -0.15) is 0 Å². The van der Waals surface area contributed by atoms with E-state index in [1.165, 1.54) is 6.26 Å². The minimum absolute atomic E-state index is 0.268. The van der Waals surface area contributed by atoms with E-state index < -0.39 is 9.84 Å². The van der Waals surface area contributed by atoms with Gasteiger partial charge < -0.3 is 4.74 Å². The van der Waals surface area contributed by atoms with E-state index in [2.05, 4.69) is 0 Å². The molecule has 0 bridgehead atoms. The maximum absolute atomic E-state index is 12.2. The monoisotopic (exact) mass is 252 g/mol. The zero-order valence-electron chi connectivity index (χ0n) is 10.0. The van der Waals surface area contributed by atoms with Gasteiger partial charge in [-0.3, -0.25) is 0 Å². The molecule has 1 heterocycles. The van der Waals surface area contributed by atoms with E-state index >= 15 is 0 Å². The van der Waals surface area contributed by atoms with Crippen LogP contribution in [-0.2, 0) is 14.6 Å². The molecule has 0 unspecified atom stereocenters. The number of benzene rings is 1. The fourth-order valence-electron chi connectivity index (χ4n) is 1.72. The van der Waals surface area contributed by atoms with Gasteiger partial charge in [0, 0.05) is 0 Å². The van der Waals surface area contributed by atoms with Crippen LogP contribution in [0, 0.1) is 0 Å². The van der Waals surface area contributed by atoms with Crippen molar-refractivity contribution in [3.8, 4) is 0 Å². The van der Waals surface area contributed by atoms with Gasteiger partial charge in [0.1, 0.15) is 5.60 Å². The molecule has 0 saturated carbocycles. The second-order valence-electron chi connectivity index (χ2n) is 4.78. The fourth-order valence-corrected chi connectivity index (χ4v) is 3.08. The van der Waals surface area contributed by atoms with E-state index in [-0.39, 0.29) is 5.60 Å². The summed E-state index contributed by atoms with van der Waals surface area (Å²) in [5.41, 5.74) is -0.268. The SMILES string of the molecule is CC1(C)CCC(S(=O)(=O)c2ccccc2)=CO1. The number of hydrogen-bond donors (Lipinski definition) is 0. The van der Waals surface area contributed by atoms with Gasteiger partial charge >= 0.3 is 0 Å². The minimum atomic E-state index is -3.38. The van der Waals surface area contributed by atoms with Crippen LogP contribution in [0.3, 0.4) is 0 Å². The van der Waals surface area contributed by atoms with Crippen LogP contribution in [-0.4, -0.2) is 14.0 Å². The highest BCUT2D eigenvalue weighted by Crippen LogP contribution is 2.31. The van der Waals surface area contributed by atoms with Crippen LogP contribution in [0.15, 0.2) is 46.4 Å². The normalized spacial score (nSPS) is 19.3. The zero-order chi connectivity index (χ0) is 12.5. The number of sulfone groups is 1. The van der Waals surface area contributed by atoms with E-state index in [0.29, 0.717) is 22.6 Å². The Morgan fingerprint density at radius 1 is 1.18 bits per heavy atom. The van der Waals surface area contributed by atoms with Crippen molar-refractivity contribution >= 4 is 9.84 Å². The van der Waals surface area contributed by atoms with Gasteiger partial charge in [-0.15, -0.1) is 0 Å². The zero-order valence-corrected chi connectivity index (χ0v) is 10.8. The molecule has 1 aromatic carbocycles. The molecular formula is C13H16O3S. The lowest BCUT2D eigenvalue weighted by Crippen LogP contribution is -2.26. The number of hydrogen-bond acceptors (Lipinski definition) is 3. The molecule has 0 atom stereocenters. The summed E-state index contributed by atoms with van der Waals surface area (Å²) < 4.78 is 29.9. The fraction of sp³-hybridized carbons (Fsp3) is 0.385. The van der Waals surface area contributed by atoms with Gasteiger partial charge in [-0.25, -0.2) is 8.42 Å². The van der Waals surface area contributed by atoms with Crippen molar-refractivity contribution in [3.63, 3.8) is 0 Å². The summed E-state index contributed by atoms with van der Waals surface area (Å²) in [5.74, 6) is 0. The van der Waals surface area contributed by atoms with Crippen LogP contribution < -0.4 is 0 Å². The van der Waals surface area contributed by atoms with Gasteiger partial charge in [0.25, 0.3) is 0 Å². The predicted octanol–water partition coefficient (Wildman–Crippen LogP) is 2.89. The summed E-state index contributed by atoms with van der Waals surface area (Å²) in [6.45, 7) is 3.91. The highest BCUT2D eigenvalue weighted by atomic mass is 32.2. The molecule has 0 fully saturated rings. The number of ether oxygens (including phenoxy) is 1. The Morgan fingerprint density at radius 3 is 2.35 bits per heavy atom. The van der Waals surface area contributed by atoms with E-state index in [9.17, 15) is 8.42 Å². The molecule has 92 valence electrons. The van der Waals surface area contributed by atoms with E-state index in [0.717, 1.165) is 0 Å². The van der Waals surface area contributed by atoms with Crippen LogP contribution in [0.1, 0.15) is 26.7 Å². The lowest BCUT2D eigenvalue weighted by Gasteiger charge is -2.29. The van der Waals surface area contributed by atoms with Crippen LogP contribution in [0.4, 0.5) is 0 Å². The van der Waals surface area contributed by atoms with Crippen LogP contribution in [0.2, 0.25) is 0 Å². The molecule has 1 aliphatic heterocycles. The third-order valence-electron chi connectivity index (χ3n) is 2.88. The van der Waals surface area contributed by atoms with Crippen LogP contribution in [0.5, 0.6) is 0 Å². The molecule has 0 N–H and O–H groups in total. The smallest absolute Gasteiger partial charge is 0.205 e. The average molecular weight is 252 g/mol. The van der Waals surface area contributed by atoms with Gasteiger partial charge in [0.2, 0.25) is 9.84 Å². The third-order valence-corrected chi connectivity index (χ3v) is 4.77. The summed E-state index contributed by atoms with van der Waals surface area (Å²) >= 11 is 0. The quantitative estimate of drug-likeness (QED) is 0.813. The number of allylic oxidation sites excluding steroid dienone is 1. The minimum Gasteiger partial charge on any atom is -0.494 e. The van der Waals surface area contributed by atoms with Crippen molar-refractivity contribution in [2.24, 2.45) is 0 Å². The van der Waals surface area contributed by atoms with Gasteiger partial charge in [-0.05, 0) is 38.8 Å². The summed E-state index contributed by atoms with van der Waals surface area (Å²) in [5, 5.41) is 0. The Kier molecular flexibility index (Phi) is 3.00. The Bertz CT molecular complexity index is 527. The first-order valence-electron chi connectivity index (χ1n) is 5.59. The Labute approximate surface area is 102 Å². The Morgan fingerprint density at radius 2 is 1.82 bits per heavy atom. The highest BCUT2D eigenvalue weighted by molar-refractivity contribution is 7.95. The molecule has 0 radical (unpaired) electrons. The van der Waals surface area contributed by atoms with Crippen LogP contribution >= 0.6 is 0 Å². The summed E-state index contributed by atoms with van der Waals surface area (Å²) in [6.07, 6.45) is 2.64.